The fraction of sp³-hybridized carbons (Fsp3) is 0.571. The number of amides is 1. The van der Waals surface area contributed by atoms with Crippen LogP contribution in [0.5, 0.6) is 5.75 Å². The van der Waals surface area contributed by atoms with Crippen LogP contribution in [-0.2, 0) is 9.53 Å². The van der Waals surface area contributed by atoms with E-state index in [1.807, 2.05) is 5.38 Å². The van der Waals surface area contributed by atoms with Crippen LogP contribution in [0.3, 0.4) is 0 Å². The second-order valence-electron chi connectivity index (χ2n) is 4.66. The van der Waals surface area contributed by atoms with Crippen molar-refractivity contribution >= 4 is 23.2 Å². The van der Waals surface area contributed by atoms with E-state index < -0.39 is 0 Å². The largest absolute Gasteiger partial charge is 0.495 e. The number of hydrogen-bond donors (Lipinski definition) is 0. The first-order valence-corrected chi connectivity index (χ1v) is 7.62. The quantitative estimate of drug-likeness (QED) is 0.799. The van der Waals surface area contributed by atoms with Gasteiger partial charge in [0.15, 0.2) is 0 Å². The van der Waals surface area contributed by atoms with Gasteiger partial charge < -0.3 is 14.4 Å². The van der Waals surface area contributed by atoms with Gasteiger partial charge >= 0.3 is 5.97 Å². The zero-order chi connectivity index (χ0) is 14.5. The number of ether oxygens (including phenoxy) is 2. The maximum atomic E-state index is 12.5. The summed E-state index contributed by atoms with van der Waals surface area (Å²) in [6.07, 6.45) is 1.60. The van der Waals surface area contributed by atoms with Crippen molar-refractivity contribution in [1.82, 2.24) is 4.90 Å². The number of hydrogen-bond acceptors (Lipinski definition) is 5. The Balaban J connectivity index is 2.05. The minimum absolute atomic E-state index is 0.0640. The average molecular weight is 297 g/mol. The summed E-state index contributed by atoms with van der Waals surface area (Å²) < 4.78 is 10.2. The molecule has 0 bridgehead atoms. The standard InChI is InChI=1S/C14H19NO4S/c1-3-19-14(17)10-5-4-7-15(9-10)13(16)12-11(18-2)6-8-20-12/h6,8,10H,3-5,7,9H2,1-2H3/t10-/m1/s1. The summed E-state index contributed by atoms with van der Waals surface area (Å²) >= 11 is 1.36. The summed E-state index contributed by atoms with van der Waals surface area (Å²) in [7, 11) is 1.55. The first kappa shape index (κ1) is 14.8. The number of thiophene rings is 1. The van der Waals surface area contributed by atoms with Crippen molar-refractivity contribution in [2.24, 2.45) is 5.92 Å². The Morgan fingerprint density at radius 2 is 2.30 bits per heavy atom. The number of likely N-dealkylation sites (tertiary alicyclic amines) is 1. The maximum Gasteiger partial charge on any atom is 0.310 e. The number of rotatable bonds is 4. The average Bonchev–Trinajstić information content (AvgIpc) is 2.95. The highest BCUT2D eigenvalue weighted by atomic mass is 32.1. The Kier molecular flexibility index (Phi) is 5.00. The first-order chi connectivity index (χ1) is 9.67. The third kappa shape index (κ3) is 3.12. The zero-order valence-corrected chi connectivity index (χ0v) is 12.6. The molecule has 1 aliphatic heterocycles. The van der Waals surface area contributed by atoms with Gasteiger partial charge in [-0.2, -0.15) is 0 Å². The van der Waals surface area contributed by atoms with Gasteiger partial charge in [0.25, 0.3) is 5.91 Å². The number of esters is 1. The molecule has 1 aromatic rings. The van der Waals surface area contributed by atoms with Gasteiger partial charge in [0, 0.05) is 13.1 Å². The van der Waals surface area contributed by atoms with Crippen LogP contribution >= 0.6 is 11.3 Å². The summed E-state index contributed by atoms with van der Waals surface area (Å²) in [5.41, 5.74) is 0. The number of carbonyl (C=O) groups excluding carboxylic acids is 2. The van der Waals surface area contributed by atoms with Gasteiger partial charge in [0.1, 0.15) is 10.6 Å². The van der Waals surface area contributed by atoms with Crippen LogP contribution in [-0.4, -0.2) is 43.6 Å². The molecule has 0 saturated carbocycles. The van der Waals surface area contributed by atoms with Gasteiger partial charge in [0.2, 0.25) is 0 Å². The van der Waals surface area contributed by atoms with Crippen molar-refractivity contribution in [3.8, 4) is 5.75 Å². The Morgan fingerprint density at radius 1 is 1.50 bits per heavy atom. The van der Waals surface area contributed by atoms with E-state index in [1.54, 1.807) is 25.0 Å². The van der Waals surface area contributed by atoms with E-state index in [0.717, 1.165) is 12.8 Å². The molecule has 1 aliphatic rings. The number of methoxy groups -OCH3 is 1. The van der Waals surface area contributed by atoms with Crippen LogP contribution in [0.2, 0.25) is 0 Å². The molecule has 2 rings (SSSR count). The smallest absolute Gasteiger partial charge is 0.310 e. The lowest BCUT2D eigenvalue weighted by Gasteiger charge is -2.31. The Morgan fingerprint density at radius 3 is 3.00 bits per heavy atom. The lowest BCUT2D eigenvalue weighted by Crippen LogP contribution is -2.42. The molecular formula is C14H19NO4S. The Hall–Kier alpha value is -1.56. The summed E-state index contributed by atoms with van der Waals surface area (Å²) in [4.78, 5) is 26.6. The Labute approximate surface area is 122 Å². The van der Waals surface area contributed by atoms with Crippen LogP contribution in [0.1, 0.15) is 29.4 Å². The minimum Gasteiger partial charge on any atom is -0.495 e. The molecule has 0 aliphatic carbocycles. The van der Waals surface area contributed by atoms with Gasteiger partial charge in [0.05, 0.1) is 19.6 Å². The second-order valence-corrected chi connectivity index (χ2v) is 5.58. The zero-order valence-electron chi connectivity index (χ0n) is 11.8. The molecule has 2 heterocycles. The molecule has 20 heavy (non-hydrogen) atoms. The topological polar surface area (TPSA) is 55.8 Å². The van der Waals surface area contributed by atoms with Crippen molar-refractivity contribution in [2.45, 2.75) is 19.8 Å². The molecule has 1 atom stereocenters. The highest BCUT2D eigenvalue weighted by Gasteiger charge is 2.31. The maximum absolute atomic E-state index is 12.5. The molecule has 6 heteroatoms. The van der Waals surface area contributed by atoms with Crippen molar-refractivity contribution in [2.75, 3.05) is 26.8 Å². The predicted octanol–water partition coefficient (Wildman–Crippen LogP) is 2.17. The van der Waals surface area contributed by atoms with Gasteiger partial charge in [-0.1, -0.05) is 0 Å². The van der Waals surface area contributed by atoms with Crippen LogP contribution in [0, 0.1) is 5.92 Å². The third-order valence-electron chi connectivity index (χ3n) is 3.37. The van der Waals surface area contributed by atoms with Crippen molar-refractivity contribution in [3.05, 3.63) is 16.3 Å². The Bertz CT molecular complexity index is 485. The van der Waals surface area contributed by atoms with E-state index in [1.165, 1.54) is 11.3 Å². The van der Waals surface area contributed by atoms with E-state index in [0.29, 0.717) is 30.3 Å². The molecular weight excluding hydrogens is 278 g/mol. The molecule has 0 unspecified atom stereocenters. The fourth-order valence-corrected chi connectivity index (χ4v) is 3.20. The first-order valence-electron chi connectivity index (χ1n) is 6.74. The lowest BCUT2D eigenvalue weighted by molar-refractivity contribution is -0.149. The van der Waals surface area contributed by atoms with Crippen LogP contribution in [0.25, 0.3) is 0 Å². The van der Waals surface area contributed by atoms with Gasteiger partial charge in [-0.25, -0.2) is 0 Å². The van der Waals surface area contributed by atoms with Crippen molar-refractivity contribution in [3.63, 3.8) is 0 Å². The molecule has 1 saturated heterocycles. The summed E-state index contributed by atoms with van der Waals surface area (Å²) in [6, 6.07) is 1.78. The molecule has 1 amide bonds. The molecule has 5 nitrogen and oxygen atoms in total. The summed E-state index contributed by atoms with van der Waals surface area (Å²) in [5, 5.41) is 1.83. The number of nitrogens with zero attached hydrogens (tertiary/aromatic N) is 1. The molecule has 0 N–H and O–H groups in total. The predicted molar refractivity (Wildman–Crippen MR) is 76.1 cm³/mol. The molecule has 1 aromatic heterocycles. The fourth-order valence-electron chi connectivity index (χ4n) is 2.37. The third-order valence-corrected chi connectivity index (χ3v) is 4.26. The number of carbonyl (C=O) groups is 2. The van der Waals surface area contributed by atoms with Crippen LogP contribution < -0.4 is 4.74 Å². The second kappa shape index (κ2) is 6.74. The van der Waals surface area contributed by atoms with E-state index >= 15 is 0 Å². The monoisotopic (exact) mass is 297 g/mol. The lowest BCUT2D eigenvalue weighted by atomic mass is 9.98. The number of piperidine rings is 1. The summed E-state index contributed by atoms with van der Waals surface area (Å²) in [6.45, 7) is 3.27. The van der Waals surface area contributed by atoms with Gasteiger partial charge in [-0.15, -0.1) is 11.3 Å². The minimum atomic E-state index is -0.210. The van der Waals surface area contributed by atoms with Gasteiger partial charge in [-0.3, -0.25) is 9.59 Å². The molecule has 110 valence electrons. The van der Waals surface area contributed by atoms with Crippen molar-refractivity contribution < 1.29 is 19.1 Å². The van der Waals surface area contributed by atoms with E-state index in [2.05, 4.69) is 0 Å². The van der Waals surface area contributed by atoms with E-state index in [9.17, 15) is 9.59 Å². The normalized spacial score (nSPS) is 18.7. The molecule has 0 radical (unpaired) electrons. The highest BCUT2D eigenvalue weighted by Crippen LogP contribution is 2.28. The molecule has 1 fully saturated rings. The highest BCUT2D eigenvalue weighted by molar-refractivity contribution is 7.12. The molecule has 0 aromatic carbocycles. The van der Waals surface area contributed by atoms with Crippen LogP contribution in [0.4, 0.5) is 0 Å². The van der Waals surface area contributed by atoms with E-state index in [-0.39, 0.29) is 17.8 Å². The molecule has 0 spiro atoms. The SMILES string of the molecule is CCOC(=O)[C@@H]1CCCN(C(=O)c2sccc2OC)C1. The van der Waals surface area contributed by atoms with Crippen molar-refractivity contribution in [1.29, 1.82) is 0 Å². The van der Waals surface area contributed by atoms with Crippen LogP contribution in [0.15, 0.2) is 11.4 Å². The van der Waals surface area contributed by atoms with E-state index in [4.69, 9.17) is 9.47 Å². The summed E-state index contributed by atoms with van der Waals surface area (Å²) in [5.74, 6) is 0.117. The van der Waals surface area contributed by atoms with Gasteiger partial charge in [-0.05, 0) is 31.2 Å².